The van der Waals surface area contributed by atoms with E-state index in [4.69, 9.17) is 4.84 Å². The van der Waals surface area contributed by atoms with Crippen LogP contribution in [0.5, 0.6) is 0 Å². The molecule has 3 amide bonds. The number of benzene rings is 1. The van der Waals surface area contributed by atoms with E-state index in [1.54, 1.807) is 0 Å². The summed E-state index contributed by atoms with van der Waals surface area (Å²) in [4.78, 5) is 31.2. The van der Waals surface area contributed by atoms with E-state index >= 15 is 0 Å². The van der Waals surface area contributed by atoms with Gasteiger partial charge in [0.15, 0.2) is 0 Å². The van der Waals surface area contributed by atoms with Gasteiger partial charge in [-0.15, -0.1) is 0 Å². The van der Waals surface area contributed by atoms with Crippen molar-refractivity contribution in [1.29, 1.82) is 0 Å². The molecule has 0 aromatic heterocycles. The van der Waals surface area contributed by atoms with Crippen LogP contribution in [0.1, 0.15) is 24.8 Å². The Bertz CT molecular complexity index is 788. The van der Waals surface area contributed by atoms with E-state index in [2.05, 4.69) is 5.32 Å². The van der Waals surface area contributed by atoms with Crippen molar-refractivity contribution in [2.75, 3.05) is 25.0 Å². The zero-order chi connectivity index (χ0) is 19.4. The van der Waals surface area contributed by atoms with Gasteiger partial charge in [0.2, 0.25) is 5.91 Å². The summed E-state index contributed by atoms with van der Waals surface area (Å²) in [7, 11) is 0. The first-order valence-corrected chi connectivity index (χ1v) is 8.57. The Morgan fingerprint density at radius 3 is 2.63 bits per heavy atom. The molecular weight excluding hydrogens is 370 g/mol. The van der Waals surface area contributed by atoms with E-state index in [1.165, 1.54) is 9.96 Å². The van der Waals surface area contributed by atoms with E-state index in [1.807, 2.05) is 0 Å². The fourth-order valence-electron chi connectivity index (χ4n) is 3.31. The second-order valence-corrected chi connectivity index (χ2v) is 7.33. The molecule has 6 nitrogen and oxygen atoms in total. The Morgan fingerprint density at radius 2 is 2.00 bits per heavy atom. The molecule has 1 N–H and O–H groups in total. The fraction of sp³-hybridized carbons (Fsp3) is 0.529. The van der Waals surface area contributed by atoms with Gasteiger partial charge in [-0.1, -0.05) is 0 Å². The summed E-state index contributed by atoms with van der Waals surface area (Å²) in [6.45, 7) is 0.779. The molecule has 0 atom stereocenters. The fourth-order valence-corrected chi connectivity index (χ4v) is 3.31. The van der Waals surface area contributed by atoms with Crippen LogP contribution < -0.4 is 5.32 Å². The molecule has 1 spiro atoms. The second kappa shape index (κ2) is 6.08. The predicted octanol–water partition coefficient (Wildman–Crippen LogP) is 3.00. The van der Waals surface area contributed by atoms with Gasteiger partial charge in [-0.3, -0.25) is 9.63 Å². The number of carbonyl (C=O) groups is 2. The molecule has 2 saturated heterocycles. The molecule has 1 aliphatic carbocycles. The van der Waals surface area contributed by atoms with Crippen LogP contribution in [0.15, 0.2) is 18.2 Å². The number of carbonyl (C=O) groups excluding carboxylic acids is 2. The number of alkyl halides is 3. The molecule has 2 aliphatic heterocycles. The summed E-state index contributed by atoms with van der Waals surface area (Å²) in [5, 5.41) is 3.50. The van der Waals surface area contributed by atoms with E-state index < -0.39 is 34.9 Å². The SMILES string of the molecule is O=C(Nc1cc(C(F)(F)F)ccc1F)N1CC2(CC(=O)N(CC3CC3)O2)C1. The maximum Gasteiger partial charge on any atom is 0.416 e. The van der Waals surface area contributed by atoms with Crippen molar-refractivity contribution in [3.05, 3.63) is 29.6 Å². The van der Waals surface area contributed by atoms with Gasteiger partial charge in [0.05, 0.1) is 37.3 Å². The third kappa shape index (κ3) is 3.58. The Balaban J connectivity index is 1.36. The summed E-state index contributed by atoms with van der Waals surface area (Å²) in [5.41, 5.74) is -2.38. The molecule has 27 heavy (non-hydrogen) atoms. The van der Waals surface area contributed by atoms with Crippen molar-refractivity contribution >= 4 is 17.6 Å². The van der Waals surface area contributed by atoms with E-state index in [9.17, 15) is 27.2 Å². The number of likely N-dealkylation sites (tertiary alicyclic amines) is 1. The van der Waals surface area contributed by atoms with Crippen molar-refractivity contribution in [3.8, 4) is 0 Å². The molecule has 10 heteroatoms. The van der Waals surface area contributed by atoms with Gasteiger partial charge in [0, 0.05) is 0 Å². The highest BCUT2D eigenvalue weighted by Gasteiger charge is 2.55. The number of rotatable bonds is 3. The second-order valence-electron chi connectivity index (χ2n) is 7.33. The monoisotopic (exact) mass is 387 g/mol. The highest BCUT2D eigenvalue weighted by Crippen LogP contribution is 2.39. The first-order chi connectivity index (χ1) is 12.7. The minimum Gasteiger partial charge on any atom is -0.318 e. The number of nitrogens with one attached hydrogen (secondary N) is 1. The van der Waals surface area contributed by atoms with Crippen molar-refractivity contribution in [2.45, 2.75) is 31.0 Å². The smallest absolute Gasteiger partial charge is 0.318 e. The van der Waals surface area contributed by atoms with E-state index in [-0.39, 0.29) is 25.4 Å². The van der Waals surface area contributed by atoms with Crippen LogP contribution >= 0.6 is 0 Å². The van der Waals surface area contributed by atoms with Gasteiger partial charge >= 0.3 is 12.2 Å². The molecule has 1 aromatic rings. The minimum absolute atomic E-state index is 0.117. The summed E-state index contributed by atoms with van der Waals surface area (Å²) < 4.78 is 52.0. The summed E-state index contributed by atoms with van der Waals surface area (Å²) in [5.74, 6) is -0.632. The maximum atomic E-state index is 13.8. The topological polar surface area (TPSA) is 61.9 Å². The van der Waals surface area contributed by atoms with Gasteiger partial charge in [-0.2, -0.15) is 13.2 Å². The lowest BCUT2D eigenvalue weighted by Gasteiger charge is -2.45. The number of hydrogen-bond donors (Lipinski definition) is 1. The Hall–Kier alpha value is -2.36. The lowest BCUT2D eigenvalue weighted by atomic mass is 9.91. The summed E-state index contributed by atoms with van der Waals surface area (Å²) in [6.07, 6.45) is -2.35. The largest absolute Gasteiger partial charge is 0.416 e. The predicted molar refractivity (Wildman–Crippen MR) is 84.9 cm³/mol. The van der Waals surface area contributed by atoms with Gasteiger partial charge < -0.3 is 10.2 Å². The lowest BCUT2D eigenvalue weighted by Crippen LogP contribution is -2.64. The van der Waals surface area contributed by atoms with Crippen LogP contribution in [0.25, 0.3) is 0 Å². The number of nitrogens with zero attached hydrogens (tertiary/aromatic N) is 2. The van der Waals surface area contributed by atoms with Crippen LogP contribution in [0, 0.1) is 11.7 Å². The molecular formula is C17H17F4N3O3. The zero-order valence-electron chi connectivity index (χ0n) is 14.2. The van der Waals surface area contributed by atoms with Gasteiger partial charge in [-0.25, -0.2) is 14.2 Å². The third-order valence-electron chi connectivity index (χ3n) is 4.96. The van der Waals surface area contributed by atoms with Crippen LogP contribution in [0.3, 0.4) is 0 Å². The van der Waals surface area contributed by atoms with Crippen molar-refractivity contribution in [1.82, 2.24) is 9.96 Å². The first-order valence-electron chi connectivity index (χ1n) is 8.57. The van der Waals surface area contributed by atoms with Crippen LogP contribution in [0.4, 0.5) is 28.0 Å². The number of anilines is 1. The summed E-state index contributed by atoms with van der Waals surface area (Å²) in [6, 6.07) is 1.08. The summed E-state index contributed by atoms with van der Waals surface area (Å²) >= 11 is 0. The van der Waals surface area contributed by atoms with Gasteiger partial charge in [-0.05, 0) is 37.0 Å². The molecule has 4 rings (SSSR count). The number of halogens is 4. The molecule has 0 unspecified atom stereocenters. The molecule has 0 radical (unpaired) electrons. The highest BCUT2D eigenvalue weighted by atomic mass is 19.4. The quantitative estimate of drug-likeness (QED) is 0.812. The molecule has 3 fully saturated rings. The zero-order valence-corrected chi connectivity index (χ0v) is 14.2. The first kappa shape index (κ1) is 18.0. The minimum atomic E-state index is -4.64. The standard InChI is InChI=1S/C17H17F4N3O3/c18-12-4-3-11(17(19,20)21)5-13(12)22-15(26)23-8-16(9-23)6-14(25)24(27-16)7-10-1-2-10/h3-5,10H,1-2,6-9H2,(H,22,26). The van der Waals surface area contributed by atoms with Crippen LogP contribution in [-0.4, -0.2) is 47.1 Å². The average Bonchev–Trinajstić information content (AvgIpc) is 3.29. The van der Waals surface area contributed by atoms with Gasteiger partial charge in [0.1, 0.15) is 11.4 Å². The molecule has 146 valence electrons. The number of amides is 3. The van der Waals surface area contributed by atoms with Gasteiger partial charge in [0.25, 0.3) is 0 Å². The lowest BCUT2D eigenvalue weighted by molar-refractivity contribution is -0.229. The number of urea groups is 1. The normalized spacial score (nSPS) is 21.6. The molecule has 3 aliphatic rings. The highest BCUT2D eigenvalue weighted by molar-refractivity contribution is 5.91. The van der Waals surface area contributed by atoms with Crippen molar-refractivity contribution < 1.29 is 32.0 Å². The van der Waals surface area contributed by atoms with Crippen molar-refractivity contribution in [3.63, 3.8) is 0 Å². The van der Waals surface area contributed by atoms with E-state index in [0.717, 1.165) is 12.8 Å². The van der Waals surface area contributed by atoms with Crippen LogP contribution in [-0.2, 0) is 15.8 Å². The van der Waals surface area contributed by atoms with E-state index in [0.29, 0.717) is 30.7 Å². The van der Waals surface area contributed by atoms with Crippen molar-refractivity contribution in [2.24, 2.45) is 5.92 Å². The molecule has 2 heterocycles. The Morgan fingerprint density at radius 1 is 1.30 bits per heavy atom. The molecule has 1 aromatic carbocycles. The third-order valence-corrected chi connectivity index (χ3v) is 4.96. The number of hydroxylamine groups is 2. The molecule has 0 bridgehead atoms. The molecule has 1 saturated carbocycles. The maximum absolute atomic E-state index is 13.8. The Labute approximate surface area is 152 Å². The Kier molecular flexibility index (Phi) is 4.06. The number of hydrogen-bond acceptors (Lipinski definition) is 3. The average molecular weight is 387 g/mol. The van der Waals surface area contributed by atoms with Crippen LogP contribution in [0.2, 0.25) is 0 Å².